The molecular weight excluding hydrogens is 281 g/mol. The lowest BCUT2D eigenvalue weighted by Crippen LogP contribution is -2.22. The van der Waals surface area contributed by atoms with Gasteiger partial charge in [0.15, 0.2) is 4.80 Å². The molecule has 1 aromatic carbocycles. The molecule has 1 aromatic heterocycles. The fraction of sp³-hybridized carbons (Fsp3) is 0.364. The zero-order valence-corrected chi connectivity index (χ0v) is 11.0. The van der Waals surface area contributed by atoms with Crippen molar-refractivity contribution in [3.8, 4) is 0 Å². The van der Waals surface area contributed by atoms with E-state index in [2.05, 4.69) is 0 Å². The van der Waals surface area contributed by atoms with Crippen LogP contribution in [-0.4, -0.2) is 9.82 Å². The van der Waals surface area contributed by atoms with Gasteiger partial charge in [-0.05, 0) is 12.1 Å². The highest BCUT2D eigenvalue weighted by Crippen LogP contribution is 2.41. The lowest BCUT2D eigenvalue weighted by Gasteiger charge is -2.21. The van der Waals surface area contributed by atoms with Gasteiger partial charge < -0.3 is 4.57 Å². The van der Waals surface area contributed by atoms with Crippen LogP contribution in [0.15, 0.2) is 17.0 Å². The molecule has 0 radical (unpaired) electrons. The molecule has 0 saturated carbocycles. The Morgan fingerprint density at radius 3 is 2.78 bits per heavy atom. The van der Waals surface area contributed by atoms with Gasteiger partial charge in [0.1, 0.15) is 0 Å². The van der Waals surface area contributed by atoms with E-state index in [1.165, 1.54) is 17.8 Å². The largest absolute Gasteiger partial charge is 0.416 e. The molecule has 1 atom stereocenters. The van der Waals surface area contributed by atoms with Crippen LogP contribution in [0, 0.1) is 5.41 Å². The highest BCUT2D eigenvalue weighted by Gasteiger charge is 2.33. The number of rotatable bonds is 0. The molecule has 2 aromatic rings. The van der Waals surface area contributed by atoms with Gasteiger partial charge in [-0.25, -0.2) is 0 Å². The first-order valence-electron chi connectivity index (χ1n) is 5.32. The van der Waals surface area contributed by atoms with Crippen LogP contribution in [-0.2, 0) is 12.7 Å². The molecule has 1 aliphatic heterocycles. The van der Waals surface area contributed by atoms with E-state index in [-0.39, 0.29) is 5.25 Å². The van der Waals surface area contributed by atoms with E-state index in [9.17, 15) is 13.2 Å². The van der Waals surface area contributed by atoms with Gasteiger partial charge >= 0.3 is 6.18 Å². The van der Waals surface area contributed by atoms with Crippen molar-refractivity contribution in [2.45, 2.75) is 29.8 Å². The normalized spacial score (nSPS) is 19.4. The lowest BCUT2D eigenvalue weighted by atomic mass is 10.2. The molecule has 7 heteroatoms. The van der Waals surface area contributed by atoms with E-state index in [1.807, 2.05) is 6.92 Å². The topological polar surface area (TPSA) is 28.8 Å². The third-order valence-corrected chi connectivity index (χ3v) is 4.92. The monoisotopic (exact) mass is 290 g/mol. The second-order valence-electron chi connectivity index (χ2n) is 4.27. The van der Waals surface area contributed by atoms with Crippen LogP contribution >= 0.6 is 23.1 Å². The summed E-state index contributed by atoms with van der Waals surface area (Å²) < 4.78 is 40.7. The highest BCUT2D eigenvalue weighted by atomic mass is 32.2. The summed E-state index contributed by atoms with van der Waals surface area (Å²) in [5.74, 6) is 0. The number of hydrogen-bond donors (Lipinski definition) is 1. The number of thiazole rings is 1. The Kier molecular flexibility index (Phi) is 2.54. The number of benzene rings is 1. The molecule has 0 amide bonds. The molecule has 1 N–H and O–H groups in total. The second kappa shape index (κ2) is 3.77. The standard InChI is InChI=1S/C11H9F3N2S2/c1-5-4-16-9-7(17-5)2-6(11(12,13)14)3-8(9)18-10(16)15/h2-3,5,15H,4H2,1H3. The van der Waals surface area contributed by atoms with E-state index in [4.69, 9.17) is 5.41 Å². The van der Waals surface area contributed by atoms with Crippen molar-refractivity contribution in [3.05, 3.63) is 22.5 Å². The molecule has 18 heavy (non-hydrogen) atoms. The molecule has 1 aliphatic rings. The molecule has 2 heterocycles. The zero-order valence-electron chi connectivity index (χ0n) is 9.34. The van der Waals surface area contributed by atoms with Gasteiger partial charge in [-0.1, -0.05) is 18.3 Å². The molecule has 0 saturated heterocycles. The molecule has 96 valence electrons. The summed E-state index contributed by atoms with van der Waals surface area (Å²) in [5.41, 5.74) is 0.154. The van der Waals surface area contributed by atoms with Crippen LogP contribution in [0.2, 0.25) is 0 Å². The average molecular weight is 290 g/mol. The molecule has 3 rings (SSSR count). The van der Waals surface area contributed by atoms with Crippen molar-refractivity contribution in [1.82, 2.24) is 4.57 Å². The van der Waals surface area contributed by atoms with Crippen LogP contribution in [0.1, 0.15) is 12.5 Å². The fourth-order valence-electron chi connectivity index (χ4n) is 2.13. The summed E-state index contributed by atoms with van der Waals surface area (Å²) in [6, 6.07) is 2.35. The Bertz CT molecular complexity index is 684. The second-order valence-corrected chi connectivity index (χ2v) is 6.78. The molecule has 0 fully saturated rings. The first-order valence-corrected chi connectivity index (χ1v) is 7.01. The first-order chi connectivity index (χ1) is 8.36. The van der Waals surface area contributed by atoms with Crippen LogP contribution in [0.3, 0.4) is 0 Å². The predicted molar refractivity (Wildman–Crippen MR) is 66.0 cm³/mol. The van der Waals surface area contributed by atoms with Crippen molar-refractivity contribution in [2.75, 3.05) is 0 Å². The molecule has 0 aliphatic carbocycles. The third-order valence-electron chi connectivity index (χ3n) is 2.86. The Hall–Kier alpha value is -0.950. The lowest BCUT2D eigenvalue weighted by molar-refractivity contribution is -0.137. The zero-order chi connectivity index (χ0) is 13.1. The first kappa shape index (κ1) is 12.1. The van der Waals surface area contributed by atoms with Crippen LogP contribution in [0.5, 0.6) is 0 Å². The molecule has 2 nitrogen and oxygen atoms in total. The summed E-state index contributed by atoms with van der Waals surface area (Å²) >= 11 is 2.56. The Morgan fingerprint density at radius 1 is 1.39 bits per heavy atom. The minimum Gasteiger partial charge on any atom is -0.315 e. The minimum atomic E-state index is -4.33. The minimum absolute atomic E-state index is 0.188. The molecule has 0 bridgehead atoms. The fourth-order valence-corrected chi connectivity index (χ4v) is 4.36. The van der Waals surface area contributed by atoms with E-state index in [1.54, 1.807) is 4.57 Å². The maximum Gasteiger partial charge on any atom is 0.416 e. The van der Waals surface area contributed by atoms with E-state index in [0.29, 0.717) is 20.9 Å². The van der Waals surface area contributed by atoms with Crippen molar-refractivity contribution in [1.29, 1.82) is 5.41 Å². The summed E-state index contributed by atoms with van der Waals surface area (Å²) in [4.78, 5) is 0.950. The smallest absolute Gasteiger partial charge is 0.315 e. The maximum absolute atomic E-state index is 12.8. The molecule has 0 spiro atoms. The summed E-state index contributed by atoms with van der Waals surface area (Å²) in [6.07, 6.45) is -4.33. The van der Waals surface area contributed by atoms with Crippen LogP contribution < -0.4 is 4.80 Å². The van der Waals surface area contributed by atoms with Gasteiger partial charge in [0.05, 0.1) is 15.8 Å². The van der Waals surface area contributed by atoms with Crippen molar-refractivity contribution in [3.63, 3.8) is 0 Å². The van der Waals surface area contributed by atoms with Crippen molar-refractivity contribution in [2.24, 2.45) is 0 Å². The number of hydrogen-bond acceptors (Lipinski definition) is 3. The number of nitrogens with one attached hydrogen (secondary N) is 1. The Labute approximate surface area is 109 Å². The van der Waals surface area contributed by atoms with E-state index >= 15 is 0 Å². The Morgan fingerprint density at radius 2 is 2.11 bits per heavy atom. The predicted octanol–water partition coefficient (Wildman–Crippen LogP) is 3.70. The molecular formula is C11H9F3N2S2. The highest BCUT2D eigenvalue weighted by molar-refractivity contribution is 8.00. The van der Waals surface area contributed by atoms with Gasteiger partial charge in [0.2, 0.25) is 0 Å². The number of nitrogens with zero attached hydrogens (tertiary/aromatic N) is 1. The van der Waals surface area contributed by atoms with Gasteiger partial charge in [0, 0.05) is 16.7 Å². The number of thioether (sulfide) groups is 1. The third kappa shape index (κ3) is 1.76. The summed E-state index contributed by atoms with van der Waals surface area (Å²) in [5, 5.41) is 8.02. The summed E-state index contributed by atoms with van der Waals surface area (Å²) in [6.45, 7) is 2.64. The number of alkyl halides is 3. The van der Waals surface area contributed by atoms with Gasteiger partial charge in [-0.3, -0.25) is 5.41 Å². The molecule has 1 unspecified atom stereocenters. The maximum atomic E-state index is 12.8. The number of halogens is 3. The van der Waals surface area contributed by atoms with E-state index in [0.717, 1.165) is 22.9 Å². The van der Waals surface area contributed by atoms with Crippen molar-refractivity contribution < 1.29 is 13.2 Å². The SMILES string of the molecule is CC1Cn2c(=N)sc3cc(C(F)(F)F)cc(c32)S1. The average Bonchev–Trinajstić information content (AvgIpc) is 2.55. The van der Waals surface area contributed by atoms with Crippen LogP contribution in [0.4, 0.5) is 13.2 Å². The van der Waals surface area contributed by atoms with Crippen molar-refractivity contribution >= 4 is 33.3 Å². The van der Waals surface area contributed by atoms with Gasteiger partial charge in [-0.2, -0.15) is 13.2 Å². The van der Waals surface area contributed by atoms with Gasteiger partial charge in [0.25, 0.3) is 0 Å². The van der Waals surface area contributed by atoms with E-state index < -0.39 is 11.7 Å². The Balaban J connectivity index is 2.35. The summed E-state index contributed by atoms with van der Waals surface area (Å²) in [7, 11) is 0. The van der Waals surface area contributed by atoms with Crippen LogP contribution in [0.25, 0.3) is 10.2 Å². The quantitative estimate of drug-likeness (QED) is 0.787. The van der Waals surface area contributed by atoms with Gasteiger partial charge in [-0.15, -0.1) is 11.8 Å². The number of aromatic nitrogens is 1.